The molecule has 5 aromatic rings. The summed E-state index contributed by atoms with van der Waals surface area (Å²) < 4.78 is 109. The topological polar surface area (TPSA) is 278 Å². The number of phosphoric acid groups is 1. The second-order valence-electron chi connectivity index (χ2n) is 15.7. The molecule has 3 aliphatic rings. The van der Waals surface area contributed by atoms with E-state index in [-0.39, 0.29) is 57.5 Å². The number of carbonyl (C=O) groups is 1. The molecule has 8 rings (SSSR count). The van der Waals surface area contributed by atoms with Gasteiger partial charge in [0.05, 0.1) is 32.5 Å². The summed E-state index contributed by atoms with van der Waals surface area (Å²) in [5.41, 5.74) is 5.70. The Morgan fingerprint density at radius 3 is 2.40 bits per heavy atom. The molecule has 2 bridgehead atoms. The molecule has 3 fully saturated rings. The SMILES string of the molecule is Cc1nc2c(ncn2[C@@H]2O[C@@H]3COP(=O)(SCc4ccc(OC(=O)OCC(C)(C)C)cc4)CO[C@H]4[C@@H](F)[C@H](n5cnc6c(N)ncnc65)O[C@@H]4COP(=O)(O)O[C@@H]2[C@@H]3F)c(=O)[nH]1. The maximum Gasteiger partial charge on any atom is 0.513 e. The average Bonchev–Trinajstić information content (AvgIpc) is 3.98. The minimum absolute atomic E-state index is 0.0127. The number of nitrogens with zero attached hydrogens (tertiary/aromatic N) is 7. The van der Waals surface area contributed by atoms with E-state index in [4.69, 9.17) is 43.0 Å². The highest BCUT2D eigenvalue weighted by atomic mass is 32.7. The fourth-order valence-corrected chi connectivity index (χ4v) is 11.0. The number of aromatic amines is 1. The second kappa shape index (κ2) is 17.3. The van der Waals surface area contributed by atoms with Crippen molar-refractivity contribution in [2.45, 2.75) is 82.7 Å². The third kappa shape index (κ3) is 9.42. The van der Waals surface area contributed by atoms with Crippen LogP contribution in [0.2, 0.25) is 0 Å². The van der Waals surface area contributed by atoms with Crippen molar-refractivity contribution < 1.29 is 64.9 Å². The molecule has 3 saturated heterocycles. The lowest BCUT2D eigenvalue weighted by Crippen LogP contribution is -2.36. The number of imidazole rings is 2. The number of ether oxygens (including phenoxy) is 5. The summed E-state index contributed by atoms with van der Waals surface area (Å²) in [6.45, 7) is 1.62. The van der Waals surface area contributed by atoms with Crippen LogP contribution in [-0.2, 0) is 47.4 Å². The van der Waals surface area contributed by atoms with Crippen molar-refractivity contribution in [1.29, 1.82) is 0 Å². The van der Waals surface area contributed by atoms with E-state index in [0.717, 1.165) is 28.6 Å². The normalized spacial score (nSPS) is 30.9. The average molecular weight is 928 g/mol. The van der Waals surface area contributed by atoms with E-state index < -0.39 is 94.9 Å². The number of H-pyrrole nitrogens is 1. The van der Waals surface area contributed by atoms with Gasteiger partial charge in [0.1, 0.15) is 54.2 Å². The molecule has 334 valence electrons. The zero-order chi connectivity index (χ0) is 44.1. The summed E-state index contributed by atoms with van der Waals surface area (Å²) in [5, 5.41) is 0. The van der Waals surface area contributed by atoms with Crippen LogP contribution in [0, 0.1) is 12.3 Å². The smallest absolute Gasteiger partial charge is 0.433 e. The number of fused-ring (bicyclic) bond motifs is 5. The minimum Gasteiger partial charge on any atom is -0.433 e. The van der Waals surface area contributed by atoms with E-state index in [1.165, 1.54) is 30.0 Å². The molecule has 10 atom stereocenters. The molecule has 0 amide bonds. The van der Waals surface area contributed by atoms with Gasteiger partial charge in [-0.05, 0) is 30.0 Å². The van der Waals surface area contributed by atoms with Gasteiger partial charge >= 0.3 is 14.0 Å². The third-order valence-corrected chi connectivity index (χ3v) is 14.8. The molecule has 2 unspecified atom stereocenters. The van der Waals surface area contributed by atoms with Gasteiger partial charge in [0.25, 0.3) is 12.1 Å². The second-order valence-corrected chi connectivity index (χ2v) is 21.8. The molecule has 7 heterocycles. The largest absolute Gasteiger partial charge is 0.513 e. The van der Waals surface area contributed by atoms with E-state index in [0.29, 0.717) is 5.56 Å². The summed E-state index contributed by atoms with van der Waals surface area (Å²) in [6, 6.07) is 6.23. The highest BCUT2D eigenvalue weighted by Crippen LogP contribution is 2.62. The van der Waals surface area contributed by atoms with Crippen molar-refractivity contribution in [3.8, 4) is 5.75 Å². The van der Waals surface area contributed by atoms with Crippen LogP contribution in [0.5, 0.6) is 5.75 Å². The number of aromatic nitrogens is 8. The lowest BCUT2D eigenvalue weighted by molar-refractivity contribution is -0.0618. The van der Waals surface area contributed by atoms with Gasteiger partial charge < -0.3 is 43.8 Å². The van der Waals surface area contributed by atoms with Crippen molar-refractivity contribution in [1.82, 2.24) is 39.0 Å². The predicted molar refractivity (Wildman–Crippen MR) is 213 cm³/mol. The Morgan fingerprint density at radius 2 is 1.66 bits per heavy atom. The minimum atomic E-state index is -5.24. The first kappa shape index (κ1) is 44.2. The van der Waals surface area contributed by atoms with Crippen molar-refractivity contribution in [2.24, 2.45) is 5.41 Å². The van der Waals surface area contributed by atoms with E-state index in [9.17, 15) is 23.6 Å². The number of halogens is 2. The summed E-state index contributed by atoms with van der Waals surface area (Å²) in [5.74, 6) is 0.394. The fourth-order valence-electron chi connectivity index (χ4n) is 6.75. The van der Waals surface area contributed by atoms with Crippen LogP contribution in [0.1, 0.15) is 44.6 Å². The molecular weight excluding hydrogens is 886 g/mol. The van der Waals surface area contributed by atoms with Crippen molar-refractivity contribution in [3.63, 3.8) is 0 Å². The first-order valence-corrected chi connectivity index (χ1v) is 23.8. The molecule has 0 aliphatic carbocycles. The van der Waals surface area contributed by atoms with Crippen LogP contribution < -0.4 is 16.0 Å². The van der Waals surface area contributed by atoms with E-state index >= 15 is 8.78 Å². The van der Waals surface area contributed by atoms with E-state index in [1.54, 1.807) is 12.1 Å². The molecule has 4 N–H and O–H groups in total. The molecular formula is C35H41F2N9O13P2S. The zero-order valence-corrected chi connectivity index (χ0v) is 35.9. The van der Waals surface area contributed by atoms with Gasteiger partial charge in [-0.15, -0.1) is 0 Å². The summed E-state index contributed by atoms with van der Waals surface area (Å²) in [4.78, 5) is 58.8. The van der Waals surface area contributed by atoms with Gasteiger partial charge in [-0.3, -0.25) is 27.5 Å². The Balaban J connectivity index is 1.08. The maximum atomic E-state index is 16.6. The monoisotopic (exact) mass is 927 g/mol. The van der Waals surface area contributed by atoms with Gasteiger partial charge in [0.2, 0.25) is 0 Å². The molecule has 27 heteroatoms. The quantitative estimate of drug-likeness (QED) is 0.111. The Morgan fingerprint density at radius 1 is 0.968 bits per heavy atom. The standard InChI is InChI=1S/C35H41F2N9O13P2S/c1-17-43-30-25(31(47)44-17)42-15-46(30)33-27-22(36)20(57-33)9-54-60(49,62-11-18-5-7-19(8-6-18)56-34(48)52-12-35(2,3)4)16-53-26-21(10-55-61(50,51)59-27)58-32(23(26)37)45-14-41-24-28(38)39-13-40-29(24)45/h5-8,13-15,20-23,26-27,32-33H,9-12,16H2,1-4H3,(H,50,51)(H2,38,39,40)(H,43,44,47)/t20-,21-,22-,23-,26-,27-,32-,33-,60?/m1/s1. The number of hydrogen-bond donors (Lipinski definition) is 3. The van der Waals surface area contributed by atoms with Crippen LogP contribution in [0.15, 0.2) is 48.0 Å². The number of nitrogens with two attached hydrogens (primary N) is 1. The van der Waals surface area contributed by atoms with Crippen molar-refractivity contribution >= 4 is 60.1 Å². The van der Waals surface area contributed by atoms with Gasteiger partial charge in [-0.25, -0.2) is 43.1 Å². The number of phosphoric ester groups is 1. The molecule has 1 aromatic carbocycles. The van der Waals surface area contributed by atoms with Gasteiger partial charge in [0, 0.05) is 5.75 Å². The third-order valence-electron chi connectivity index (χ3n) is 9.71. The molecule has 0 spiro atoms. The molecule has 3 aliphatic heterocycles. The van der Waals surface area contributed by atoms with Crippen LogP contribution in [0.25, 0.3) is 22.3 Å². The van der Waals surface area contributed by atoms with Crippen LogP contribution in [0.3, 0.4) is 0 Å². The molecule has 0 saturated carbocycles. The molecule has 62 heavy (non-hydrogen) atoms. The van der Waals surface area contributed by atoms with Gasteiger partial charge in [-0.1, -0.05) is 44.3 Å². The highest BCUT2D eigenvalue weighted by molar-refractivity contribution is 8.56. The van der Waals surface area contributed by atoms with Crippen LogP contribution in [0.4, 0.5) is 19.4 Å². The number of rotatable bonds is 7. The fraction of sp³-hybridized carbons (Fsp3) is 0.514. The number of nitrogens with one attached hydrogen (secondary N) is 1. The van der Waals surface area contributed by atoms with Gasteiger partial charge in [0.15, 0.2) is 47.4 Å². The number of benzene rings is 1. The Kier molecular flexibility index (Phi) is 12.3. The Hall–Kier alpha value is -4.42. The first-order valence-electron chi connectivity index (χ1n) is 18.9. The number of aryl methyl sites for hydroxylation is 1. The molecule has 4 aromatic heterocycles. The number of hydrogen-bond acceptors (Lipinski definition) is 19. The molecule has 22 nitrogen and oxygen atoms in total. The molecule has 0 radical (unpaired) electrons. The van der Waals surface area contributed by atoms with E-state index in [2.05, 4.69) is 29.9 Å². The summed E-state index contributed by atoms with van der Waals surface area (Å²) >= 11 is 0.790. The Bertz CT molecular complexity index is 2610. The Labute approximate surface area is 353 Å². The van der Waals surface area contributed by atoms with Crippen molar-refractivity contribution in [3.05, 3.63) is 65.0 Å². The number of anilines is 1. The van der Waals surface area contributed by atoms with E-state index in [1.807, 2.05) is 20.8 Å². The number of nitrogen functional groups attached to an aromatic ring is 1. The number of carbonyl (C=O) groups excluding carboxylic acids is 1. The lowest BCUT2D eigenvalue weighted by Gasteiger charge is -2.26. The van der Waals surface area contributed by atoms with Crippen molar-refractivity contribution in [2.75, 3.05) is 31.9 Å². The number of alkyl halides is 2. The van der Waals surface area contributed by atoms with Crippen LogP contribution >= 0.6 is 25.8 Å². The highest BCUT2D eigenvalue weighted by Gasteiger charge is 2.54. The summed E-state index contributed by atoms with van der Waals surface area (Å²) in [7, 11) is -5.24. The maximum absolute atomic E-state index is 16.6. The van der Waals surface area contributed by atoms with Crippen LogP contribution in [-0.4, -0.2) is 113 Å². The predicted octanol–water partition coefficient (Wildman–Crippen LogP) is 4.88. The van der Waals surface area contributed by atoms with Gasteiger partial charge in [-0.2, -0.15) is 0 Å². The first-order chi connectivity index (χ1) is 29.4. The zero-order valence-electron chi connectivity index (χ0n) is 33.3. The lowest BCUT2D eigenvalue weighted by atomic mass is 9.99. The summed E-state index contributed by atoms with van der Waals surface area (Å²) in [6.07, 6.45) is -12.1.